The highest BCUT2D eigenvalue weighted by Crippen LogP contribution is 2.42. The summed E-state index contributed by atoms with van der Waals surface area (Å²) in [5, 5.41) is 0.963. The zero-order valence-electron chi connectivity index (χ0n) is 25.9. The van der Waals surface area contributed by atoms with E-state index in [0.717, 1.165) is 23.8 Å². The van der Waals surface area contributed by atoms with Crippen LogP contribution in [0, 0.1) is 18.2 Å². The van der Waals surface area contributed by atoms with Crippen LogP contribution in [-0.4, -0.2) is 50.1 Å². The van der Waals surface area contributed by atoms with Gasteiger partial charge in [-0.2, -0.15) is 0 Å². The molecule has 1 atom stereocenters. The molecule has 248 valence electrons. The van der Waals surface area contributed by atoms with E-state index in [1.165, 1.54) is 18.1 Å². The van der Waals surface area contributed by atoms with Crippen molar-refractivity contribution in [1.82, 2.24) is 0 Å². The van der Waals surface area contributed by atoms with Crippen LogP contribution in [0.3, 0.4) is 0 Å². The van der Waals surface area contributed by atoms with Gasteiger partial charge in [0.25, 0.3) is 17.7 Å². The van der Waals surface area contributed by atoms with Crippen LogP contribution in [0.5, 0.6) is 23.0 Å². The number of carbonyl (C=O) groups excluding carboxylic acids is 4. The molecule has 0 N–H and O–H groups in total. The molecule has 1 aliphatic carbocycles. The molecule has 10 nitrogen and oxygen atoms in total. The van der Waals surface area contributed by atoms with Crippen molar-refractivity contribution in [2.24, 2.45) is 0 Å². The summed E-state index contributed by atoms with van der Waals surface area (Å²) in [5.74, 6) is 1.59. The molecular weight excluding hydrogens is 666 g/mol. The lowest BCUT2D eigenvalue weighted by atomic mass is 9.93. The van der Waals surface area contributed by atoms with Crippen LogP contribution >= 0.6 is 23.2 Å². The van der Waals surface area contributed by atoms with E-state index in [1.54, 1.807) is 49.4 Å². The molecule has 48 heavy (non-hydrogen) atoms. The Kier molecular flexibility index (Phi) is 10.6. The van der Waals surface area contributed by atoms with Gasteiger partial charge >= 0.3 is 5.97 Å². The van der Waals surface area contributed by atoms with E-state index in [1.807, 2.05) is 0 Å². The minimum absolute atomic E-state index is 0.0170. The monoisotopic (exact) mass is 694 g/mol. The van der Waals surface area contributed by atoms with Crippen molar-refractivity contribution in [2.45, 2.75) is 38.7 Å². The number of esters is 1. The molecule has 0 bridgehead atoms. The fraction of sp³-hybridized carbons (Fsp3) is 0.257. The van der Waals surface area contributed by atoms with Gasteiger partial charge in [-0.15, -0.1) is 6.42 Å². The molecule has 0 fully saturated rings. The first-order chi connectivity index (χ1) is 23.0. The Morgan fingerprint density at radius 2 is 1.62 bits per heavy atom. The van der Waals surface area contributed by atoms with Crippen molar-refractivity contribution in [3.8, 4) is 35.3 Å². The van der Waals surface area contributed by atoms with E-state index in [4.69, 9.17) is 43.8 Å². The van der Waals surface area contributed by atoms with E-state index in [2.05, 4.69) is 10.7 Å². The van der Waals surface area contributed by atoms with Crippen molar-refractivity contribution in [3.63, 3.8) is 0 Å². The zero-order valence-corrected chi connectivity index (χ0v) is 27.4. The fourth-order valence-electron chi connectivity index (χ4n) is 5.29. The summed E-state index contributed by atoms with van der Waals surface area (Å²) in [6.45, 7) is 1.35. The van der Waals surface area contributed by atoms with Crippen molar-refractivity contribution in [2.75, 3.05) is 30.1 Å². The SMILES string of the molecule is C#CCN1C(=O)COc2cc(F)c(N3C(=O)C4=C(CCCC4)C3=O)cc21.COC(=O)C(C)Oc1ccc(Oc2ccc(Cl)cc2Cl)cc1. The van der Waals surface area contributed by atoms with E-state index in [9.17, 15) is 23.6 Å². The van der Waals surface area contributed by atoms with E-state index in [-0.39, 0.29) is 36.2 Å². The highest BCUT2D eigenvalue weighted by atomic mass is 35.5. The summed E-state index contributed by atoms with van der Waals surface area (Å²) >= 11 is 11.9. The quantitative estimate of drug-likeness (QED) is 0.154. The molecule has 13 heteroatoms. The van der Waals surface area contributed by atoms with Gasteiger partial charge in [0.05, 0.1) is 30.1 Å². The minimum atomic E-state index is -0.764. The van der Waals surface area contributed by atoms with Crippen molar-refractivity contribution in [1.29, 1.82) is 0 Å². The molecule has 3 aliphatic rings. The Hall–Kier alpha value is -5.05. The summed E-state index contributed by atoms with van der Waals surface area (Å²) in [7, 11) is 1.31. The number of rotatable bonds is 7. The molecule has 1 unspecified atom stereocenters. The molecule has 6 rings (SSSR count). The van der Waals surface area contributed by atoms with Gasteiger partial charge in [0.15, 0.2) is 18.5 Å². The summed E-state index contributed by atoms with van der Waals surface area (Å²) in [6.07, 6.45) is 7.33. The first-order valence-electron chi connectivity index (χ1n) is 14.8. The second-order valence-electron chi connectivity index (χ2n) is 10.8. The lowest BCUT2D eigenvalue weighted by molar-refractivity contribution is -0.148. The van der Waals surface area contributed by atoms with Gasteiger partial charge in [0.1, 0.15) is 23.0 Å². The van der Waals surface area contributed by atoms with Crippen LogP contribution in [0.1, 0.15) is 32.6 Å². The number of hydrogen-bond acceptors (Lipinski definition) is 8. The predicted octanol–water partition coefficient (Wildman–Crippen LogP) is 6.65. The molecule has 0 saturated heterocycles. The number of benzene rings is 3. The third kappa shape index (κ3) is 7.25. The Bertz CT molecular complexity index is 1830. The number of hydrogen-bond donors (Lipinski definition) is 0. The van der Waals surface area contributed by atoms with Crippen molar-refractivity contribution >= 4 is 58.3 Å². The zero-order chi connectivity index (χ0) is 34.5. The normalized spacial score (nSPS) is 15.8. The summed E-state index contributed by atoms with van der Waals surface area (Å²) in [4.78, 5) is 50.8. The number of ether oxygens (including phenoxy) is 4. The van der Waals surface area contributed by atoms with Crippen LogP contribution in [0.25, 0.3) is 0 Å². The lowest BCUT2D eigenvalue weighted by Gasteiger charge is -2.29. The molecule has 3 amide bonds. The second-order valence-corrected chi connectivity index (χ2v) is 11.6. The number of fused-ring (bicyclic) bond motifs is 1. The molecule has 3 aromatic rings. The predicted molar refractivity (Wildman–Crippen MR) is 176 cm³/mol. The molecule has 0 spiro atoms. The largest absolute Gasteiger partial charge is 0.481 e. The van der Waals surface area contributed by atoms with Gasteiger partial charge in [-0.1, -0.05) is 29.1 Å². The van der Waals surface area contributed by atoms with E-state index in [0.29, 0.717) is 51.3 Å². The molecule has 0 saturated carbocycles. The maximum atomic E-state index is 14.7. The highest BCUT2D eigenvalue weighted by Gasteiger charge is 2.41. The number of anilines is 2. The number of methoxy groups -OCH3 is 1. The second kappa shape index (κ2) is 14.8. The maximum absolute atomic E-state index is 14.7. The average Bonchev–Trinajstić information content (AvgIpc) is 3.33. The van der Waals surface area contributed by atoms with E-state index < -0.39 is 29.7 Å². The third-order valence-corrected chi connectivity index (χ3v) is 8.17. The van der Waals surface area contributed by atoms with Crippen LogP contribution < -0.4 is 24.0 Å². The average molecular weight is 696 g/mol. The minimum Gasteiger partial charge on any atom is -0.481 e. The summed E-state index contributed by atoms with van der Waals surface area (Å²) in [5.41, 5.74) is 0.992. The molecule has 0 radical (unpaired) electrons. The van der Waals surface area contributed by atoms with Gasteiger partial charge in [-0.3, -0.25) is 19.3 Å². The van der Waals surface area contributed by atoms with Gasteiger partial charge < -0.3 is 18.9 Å². The van der Waals surface area contributed by atoms with Crippen LogP contribution in [0.15, 0.2) is 65.7 Å². The fourth-order valence-corrected chi connectivity index (χ4v) is 5.74. The molecular formula is C35H29Cl2FN2O8. The molecule has 0 aromatic heterocycles. The number of nitrogens with zero attached hydrogens (tertiary/aromatic N) is 2. The van der Waals surface area contributed by atoms with Crippen LogP contribution in [0.2, 0.25) is 10.0 Å². The van der Waals surface area contributed by atoms with Crippen molar-refractivity contribution < 1.29 is 42.5 Å². The Labute approximate surface area is 285 Å². The smallest absolute Gasteiger partial charge is 0.346 e. The number of imide groups is 1. The van der Waals surface area contributed by atoms with Crippen LogP contribution in [0.4, 0.5) is 15.8 Å². The first-order valence-corrected chi connectivity index (χ1v) is 15.6. The first kappa shape index (κ1) is 34.3. The molecule has 2 heterocycles. The summed E-state index contributed by atoms with van der Waals surface area (Å²) in [6, 6.07) is 14.2. The van der Waals surface area contributed by atoms with E-state index >= 15 is 0 Å². The third-order valence-electron chi connectivity index (χ3n) is 7.64. The van der Waals surface area contributed by atoms with Gasteiger partial charge in [0.2, 0.25) is 0 Å². The summed E-state index contributed by atoms with van der Waals surface area (Å²) < 4.78 is 35.6. The molecule has 2 aliphatic heterocycles. The van der Waals surface area contributed by atoms with Crippen molar-refractivity contribution in [3.05, 3.63) is 81.6 Å². The number of halogens is 3. The Morgan fingerprint density at radius 3 is 2.23 bits per heavy atom. The number of carbonyl (C=O) groups is 4. The Morgan fingerprint density at radius 1 is 0.979 bits per heavy atom. The number of amides is 3. The Balaban J connectivity index is 0.000000191. The van der Waals surface area contributed by atoms with Crippen LogP contribution in [-0.2, 0) is 23.9 Å². The topological polar surface area (TPSA) is 112 Å². The van der Waals surface area contributed by atoms with Gasteiger partial charge in [-0.25, -0.2) is 14.1 Å². The number of terminal acetylenes is 1. The lowest BCUT2D eigenvalue weighted by Crippen LogP contribution is -2.39. The maximum Gasteiger partial charge on any atom is 0.346 e. The molecule has 3 aromatic carbocycles. The van der Waals surface area contributed by atoms with Gasteiger partial charge in [0, 0.05) is 22.2 Å². The standard InChI is InChI=1S/C19H15FN2O4.C16H14Cl2O4/c1-2-7-21-15-9-14(13(20)8-16(15)26-10-17(21)23)22-18(24)11-5-3-4-6-12(11)19(22)25;1-10(16(19)20-2)21-12-4-6-13(7-5-12)22-15-8-3-11(17)9-14(15)18/h1,8-9H,3-7,10H2;3-10H,1-2H3. The highest BCUT2D eigenvalue weighted by molar-refractivity contribution is 6.35. The van der Waals surface area contributed by atoms with Gasteiger partial charge in [-0.05, 0) is 81.1 Å².